The van der Waals surface area contributed by atoms with E-state index in [1.165, 1.54) is 0 Å². The lowest BCUT2D eigenvalue weighted by molar-refractivity contribution is -0.210. The quantitative estimate of drug-likeness (QED) is 0.594. The topological polar surface area (TPSA) is 65.3 Å². The van der Waals surface area contributed by atoms with Gasteiger partial charge in [0.1, 0.15) is 0 Å². The summed E-state index contributed by atoms with van der Waals surface area (Å²) < 4.78 is 5.08. The molecule has 1 aliphatic rings. The summed E-state index contributed by atoms with van der Waals surface area (Å²) in [6.07, 6.45) is 0.554. The van der Waals surface area contributed by atoms with E-state index in [1.807, 2.05) is 34.6 Å². The molecule has 3 atom stereocenters. The molecule has 0 spiro atoms. The van der Waals surface area contributed by atoms with Crippen LogP contribution in [0.3, 0.4) is 0 Å². The Morgan fingerprint density at radius 2 is 1.83 bits per heavy atom. The van der Waals surface area contributed by atoms with Gasteiger partial charge in [0.15, 0.2) is 6.29 Å². The first-order chi connectivity index (χ1) is 8.36. The second-order valence-corrected chi connectivity index (χ2v) is 4.38. The molecule has 112 valence electrons. The van der Waals surface area contributed by atoms with Crippen LogP contribution in [0, 0.1) is 0 Å². The van der Waals surface area contributed by atoms with Gasteiger partial charge in [-0.2, -0.15) is 5.06 Å². The molecule has 1 fully saturated rings. The molecule has 0 amide bonds. The van der Waals surface area contributed by atoms with Gasteiger partial charge in [0.2, 0.25) is 0 Å². The maximum atomic E-state index is 9.14. The monoisotopic (exact) mass is 264 g/mol. The minimum atomic E-state index is -0.724. The lowest BCUT2D eigenvalue weighted by Gasteiger charge is -2.33. The summed E-state index contributed by atoms with van der Waals surface area (Å²) in [4.78, 5) is 3.64. The van der Waals surface area contributed by atoms with Gasteiger partial charge in [0, 0.05) is 27.0 Å². The second-order valence-electron chi connectivity index (χ2n) is 4.38. The van der Waals surface area contributed by atoms with E-state index in [9.17, 15) is 0 Å². The van der Waals surface area contributed by atoms with Crippen molar-refractivity contribution in [3.63, 3.8) is 0 Å². The predicted molar refractivity (Wildman–Crippen MR) is 77.3 cm³/mol. The fourth-order valence-electron chi connectivity index (χ4n) is 1.40. The lowest BCUT2D eigenvalue weighted by atomic mass is 10.0. The Kier molecular flexibility index (Phi) is 12.8. The first-order valence-electron chi connectivity index (χ1n) is 6.57. The molecule has 1 saturated heterocycles. The summed E-state index contributed by atoms with van der Waals surface area (Å²) >= 11 is 0. The fraction of sp³-hybridized carbons (Fsp3) is 0.923. The van der Waals surface area contributed by atoms with Gasteiger partial charge in [-0.05, 0) is 33.9 Å². The van der Waals surface area contributed by atoms with Crippen LogP contribution in [-0.4, -0.2) is 53.6 Å². The molecule has 5 heteroatoms. The van der Waals surface area contributed by atoms with Gasteiger partial charge in [0.05, 0.1) is 6.10 Å². The highest BCUT2D eigenvalue weighted by atomic mass is 16.6. The summed E-state index contributed by atoms with van der Waals surface area (Å²) in [6.45, 7) is 13.2. The molecule has 0 bridgehead atoms. The van der Waals surface area contributed by atoms with Crippen molar-refractivity contribution in [3.8, 4) is 0 Å². The Hall–Kier alpha value is -0.490. The normalized spacial score (nSPS) is 26.9. The van der Waals surface area contributed by atoms with Gasteiger partial charge < -0.3 is 15.1 Å². The third kappa shape index (κ3) is 10.7. The van der Waals surface area contributed by atoms with Crippen molar-refractivity contribution >= 4 is 6.72 Å². The molecule has 0 aromatic heterocycles. The van der Waals surface area contributed by atoms with Crippen molar-refractivity contribution in [1.29, 1.82) is 0 Å². The van der Waals surface area contributed by atoms with Crippen LogP contribution in [0.25, 0.3) is 0 Å². The van der Waals surface area contributed by atoms with Gasteiger partial charge in [-0.3, -0.25) is 4.99 Å². The number of aliphatic hydroxyl groups excluding tert-OH is 1. The number of aliphatic imine (C=N–C) groups is 1. The maximum Gasteiger partial charge on any atom is 0.156 e. The van der Waals surface area contributed by atoms with Crippen LogP contribution in [0.5, 0.6) is 0 Å². The molecule has 0 saturated carbocycles. The number of hydrogen-bond acceptors (Lipinski definition) is 5. The zero-order valence-corrected chi connectivity index (χ0v) is 12.6. The standard InChI is InChI=1S/C7H15NO3.C4H9N.C2H6.H2/c1-5-3-6(8(2)10)4-7(9)11-5;1-4(2)5-3;1-2;/h5-7,9-10H,3-4H2,1-2H3;4H,3H2,1-2H3;1-2H3;1H/t5-,6+,7-;;;/m1.../s1. The van der Waals surface area contributed by atoms with Crippen LogP contribution in [0.2, 0.25) is 0 Å². The van der Waals surface area contributed by atoms with Crippen molar-refractivity contribution in [1.82, 2.24) is 5.06 Å². The van der Waals surface area contributed by atoms with Gasteiger partial charge in [-0.15, -0.1) is 0 Å². The minimum Gasteiger partial charge on any atom is -0.368 e. The predicted octanol–water partition coefficient (Wildman–Crippen LogP) is 2.56. The molecule has 0 aliphatic carbocycles. The molecule has 0 radical (unpaired) electrons. The number of nitrogens with zero attached hydrogens (tertiary/aromatic N) is 2. The highest BCUT2D eigenvalue weighted by Crippen LogP contribution is 2.20. The van der Waals surface area contributed by atoms with E-state index < -0.39 is 6.29 Å². The van der Waals surface area contributed by atoms with Crippen molar-refractivity contribution in [2.45, 2.75) is 71.9 Å². The molecule has 1 heterocycles. The Morgan fingerprint density at radius 1 is 1.39 bits per heavy atom. The fourth-order valence-corrected chi connectivity index (χ4v) is 1.40. The van der Waals surface area contributed by atoms with E-state index in [0.29, 0.717) is 12.5 Å². The molecular formula is C13H32N2O3. The summed E-state index contributed by atoms with van der Waals surface area (Å²) in [5.74, 6) is 0. The molecule has 1 rings (SSSR count). The zero-order valence-electron chi connectivity index (χ0n) is 12.6. The molecular weight excluding hydrogens is 232 g/mol. The van der Waals surface area contributed by atoms with Crippen molar-refractivity contribution < 1.29 is 16.5 Å². The van der Waals surface area contributed by atoms with Crippen LogP contribution < -0.4 is 0 Å². The van der Waals surface area contributed by atoms with E-state index in [-0.39, 0.29) is 13.6 Å². The molecule has 5 nitrogen and oxygen atoms in total. The third-order valence-electron chi connectivity index (χ3n) is 2.36. The Balaban J connectivity index is -0.000000275. The van der Waals surface area contributed by atoms with E-state index in [2.05, 4.69) is 11.7 Å². The highest BCUT2D eigenvalue weighted by molar-refractivity contribution is 5.23. The summed E-state index contributed by atoms with van der Waals surface area (Å²) in [5, 5.41) is 19.4. The molecule has 18 heavy (non-hydrogen) atoms. The smallest absolute Gasteiger partial charge is 0.156 e. The molecule has 2 N–H and O–H groups in total. The average Bonchev–Trinajstić information content (AvgIpc) is 2.31. The van der Waals surface area contributed by atoms with Crippen LogP contribution in [-0.2, 0) is 4.74 Å². The van der Waals surface area contributed by atoms with Crippen molar-refractivity contribution in [2.24, 2.45) is 4.99 Å². The van der Waals surface area contributed by atoms with E-state index >= 15 is 0 Å². The average molecular weight is 264 g/mol. The highest BCUT2D eigenvalue weighted by Gasteiger charge is 2.27. The Morgan fingerprint density at radius 3 is 2.11 bits per heavy atom. The van der Waals surface area contributed by atoms with E-state index in [1.54, 1.807) is 7.05 Å². The van der Waals surface area contributed by atoms with Crippen LogP contribution >= 0.6 is 0 Å². The van der Waals surface area contributed by atoms with Gasteiger partial charge in [0.25, 0.3) is 0 Å². The number of hydrogen-bond donors (Lipinski definition) is 2. The lowest BCUT2D eigenvalue weighted by Crippen LogP contribution is -2.41. The Labute approximate surface area is 113 Å². The molecule has 0 aromatic rings. The number of rotatable bonds is 2. The summed E-state index contributed by atoms with van der Waals surface area (Å²) in [7, 11) is 1.59. The number of aliphatic hydroxyl groups is 1. The second kappa shape index (κ2) is 11.6. The van der Waals surface area contributed by atoms with Crippen LogP contribution in [0.4, 0.5) is 0 Å². The van der Waals surface area contributed by atoms with Gasteiger partial charge in [-0.1, -0.05) is 13.8 Å². The maximum absolute atomic E-state index is 9.14. The number of hydroxylamine groups is 2. The van der Waals surface area contributed by atoms with Gasteiger partial charge >= 0.3 is 0 Å². The molecule has 0 unspecified atom stereocenters. The zero-order chi connectivity index (χ0) is 14.7. The Bertz CT molecular complexity index is 194. The first kappa shape index (κ1) is 19.8. The van der Waals surface area contributed by atoms with Crippen molar-refractivity contribution in [3.05, 3.63) is 0 Å². The van der Waals surface area contributed by atoms with Crippen LogP contribution in [0.15, 0.2) is 4.99 Å². The van der Waals surface area contributed by atoms with Crippen molar-refractivity contribution in [2.75, 3.05) is 7.05 Å². The SMILES string of the molecule is C=NC(C)C.CC.C[C@@H]1C[C@H](N(C)O)C[C@H](O)O1.[HH]. The number of ether oxygens (including phenoxy) is 1. The van der Waals surface area contributed by atoms with Crippen LogP contribution in [0.1, 0.15) is 48.9 Å². The van der Waals surface area contributed by atoms with E-state index in [0.717, 1.165) is 11.5 Å². The third-order valence-corrected chi connectivity index (χ3v) is 2.36. The van der Waals surface area contributed by atoms with E-state index in [4.69, 9.17) is 15.1 Å². The summed E-state index contributed by atoms with van der Waals surface area (Å²) in [6, 6.07) is 0.420. The largest absolute Gasteiger partial charge is 0.368 e. The molecule has 0 aromatic carbocycles. The molecule has 1 aliphatic heterocycles. The minimum absolute atomic E-state index is 0. The first-order valence-corrected chi connectivity index (χ1v) is 6.57. The summed E-state index contributed by atoms with van der Waals surface area (Å²) in [5.41, 5.74) is 0. The van der Waals surface area contributed by atoms with Gasteiger partial charge in [-0.25, -0.2) is 0 Å².